The number of esters is 1. The summed E-state index contributed by atoms with van der Waals surface area (Å²) < 4.78 is 5.11. The number of hydrogen-bond acceptors (Lipinski definition) is 9. The number of Topliss-reactive ketones (excluding diaryl/α,β-unsaturated/α-hetero) is 1. The summed E-state index contributed by atoms with van der Waals surface area (Å²) in [6.45, 7) is 8.53. The first-order chi connectivity index (χ1) is 17.1. The van der Waals surface area contributed by atoms with Crippen LogP contribution < -0.4 is 4.90 Å². The number of halogens is 2. The lowest BCUT2D eigenvalue weighted by Crippen LogP contribution is -2.31. The van der Waals surface area contributed by atoms with E-state index < -0.39 is 29.5 Å². The van der Waals surface area contributed by atoms with Crippen LogP contribution in [-0.4, -0.2) is 39.3 Å². The SMILES string of the molecule is C=CCOC(=O)c1sc(N2C(=O)C(O)=C(C(=O)c3sc(C)nc3C)C2c2c(Cl)cccc2Cl)nc1C. The van der Waals surface area contributed by atoms with Crippen LogP contribution in [0.2, 0.25) is 10.0 Å². The topological polar surface area (TPSA) is 110 Å². The average molecular weight is 564 g/mol. The van der Waals surface area contributed by atoms with E-state index >= 15 is 0 Å². The minimum absolute atomic E-state index is 0.000614. The smallest absolute Gasteiger partial charge is 0.350 e. The number of ether oxygens (including phenoxy) is 1. The molecule has 1 aromatic carbocycles. The molecule has 1 amide bonds. The number of rotatable bonds is 7. The molecule has 0 saturated carbocycles. The second kappa shape index (κ2) is 10.1. The maximum absolute atomic E-state index is 13.7. The van der Waals surface area contributed by atoms with Crippen molar-refractivity contribution in [2.75, 3.05) is 11.5 Å². The summed E-state index contributed by atoms with van der Waals surface area (Å²) in [5, 5.41) is 12.1. The summed E-state index contributed by atoms with van der Waals surface area (Å²) in [5.74, 6) is -2.85. The Bertz CT molecular complexity index is 1440. The van der Waals surface area contributed by atoms with Crippen molar-refractivity contribution in [2.45, 2.75) is 26.8 Å². The van der Waals surface area contributed by atoms with E-state index in [-0.39, 0.29) is 42.7 Å². The fraction of sp³-hybridized carbons (Fsp3) is 0.208. The number of nitrogens with zero attached hydrogens (tertiary/aromatic N) is 3. The van der Waals surface area contributed by atoms with Crippen molar-refractivity contribution in [2.24, 2.45) is 0 Å². The third-order valence-corrected chi connectivity index (χ3v) is 8.21. The van der Waals surface area contributed by atoms with Gasteiger partial charge in [-0.15, -0.1) is 11.3 Å². The lowest BCUT2D eigenvalue weighted by molar-refractivity contribution is -0.117. The summed E-state index contributed by atoms with van der Waals surface area (Å²) in [5.41, 5.74) is 0.818. The van der Waals surface area contributed by atoms with Gasteiger partial charge in [0, 0.05) is 15.6 Å². The molecule has 8 nitrogen and oxygen atoms in total. The van der Waals surface area contributed by atoms with Gasteiger partial charge in [0.1, 0.15) is 17.5 Å². The van der Waals surface area contributed by atoms with Crippen molar-refractivity contribution in [1.29, 1.82) is 0 Å². The van der Waals surface area contributed by atoms with Crippen LogP contribution >= 0.6 is 45.9 Å². The molecule has 0 bridgehead atoms. The normalized spacial score (nSPS) is 15.5. The number of hydrogen-bond donors (Lipinski definition) is 1. The second-order valence-corrected chi connectivity index (χ2v) is 10.7. The number of thiazole rings is 2. The Hall–Kier alpha value is -3.05. The van der Waals surface area contributed by atoms with E-state index in [0.717, 1.165) is 27.6 Å². The summed E-state index contributed by atoms with van der Waals surface area (Å²) in [4.78, 5) is 49.9. The monoisotopic (exact) mass is 563 g/mol. The number of ketones is 1. The molecule has 0 spiro atoms. The third kappa shape index (κ3) is 4.45. The van der Waals surface area contributed by atoms with E-state index in [1.54, 1.807) is 39.0 Å². The fourth-order valence-electron chi connectivity index (χ4n) is 3.82. The average Bonchev–Trinajstić information content (AvgIpc) is 3.45. The van der Waals surface area contributed by atoms with Gasteiger partial charge in [-0.05, 0) is 32.9 Å². The van der Waals surface area contributed by atoms with Gasteiger partial charge in [-0.1, -0.05) is 53.3 Å². The van der Waals surface area contributed by atoms with Gasteiger partial charge in [0.05, 0.1) is 26.8 Å². The molecule has 1 aliphatic heterocycles. The van der Waals surface area contributed by atoms with Crippen LogP contribution in [0, 0.1) is 20.8 Å². The lowest BCUT2D eigenvalue weighted by Gasteiger charge is -2.26. The highest BCUT2D eigenvalue weighted by atomic mass is 35.5. The molecule has 186 valence electrons. The molecule has 3 heterocycles. The van der Waals surface area contributed by atoms with Crippen LogP contribution in [0.15, 0.2) is 42.2 Å². The Morgan fingerprint density at radius 2 is 1.78 bits per heavy atom. The van der Waals surface area contributed by atoms with Gasteiger partial charge in [-0.25, -0.2) is 14.8 Å². The highest BCUT2D eigenvalue weighted by Gasteiger charge is 2.48. The van der Waals surface area contributed by atoms with Crippen molar-refractivity contribution in [1.82, 2.24) is 9.97 Å². The standard InChI is InChI=1S/C24H19Cl2N3O5S2/c1-5-9-34-23(33)21-11(3)28-24(36-21)29-17(15-13(25)7-6-8-14(15)26)16(19(31)22(29)32)18(30)20-10(2)27-12(4)35-20/h5-8,17,31H,1,9H2,2-4H3. The van der Waals surface area contributed by atoms with E-state index in [4.69, 9.17) is 27.9 Å². The number of aromatic nitrogens is 2. The Kier molecular flexibility index (Phi) is 7.33. The molecular formula is C24H19Cl2N3O5S2. The first kappa shape index (κ1) is 26.0. The van der Waals surface area contributed by atoms with Crippen molar-refractivity contribution in [3.8, 4) is 0 Å². The maximum Gasteiger partial charge on any atom is 0.350 e. The van der Waals surface area contributed by atoms with Gasteiger partial charge >= 0.3 is 5.97 Å². The van der Waals surface area contributed by atoms with E-state index in [2.05, 4.69) is 16.5 Å². The molecule has 12 heteroatoms. The van der Waals surface area contributed by atoms with E-state index in [1.165, 1.54) is 6.08 Å². The Morgan fingerprint density at radius 1 is 1.14 bits per heavy atom. The largest absolute Gasteiger partial charge is 0.503 e. The minimum atomic E-state index is -1.20. The molecule has 1 aliphatic rings. The highest BCUT2D eigenvalue weighted by Crippen LogP contribution is 2.48. The van der Waals surface area contributed by atoms with Crippen LogP contribution in [0.1, 0.15) is 47.3 Å². The van der Waals surface area contributed by atoms with Crippen LogP contribution in [-0.2, 0) is 9.53 Å². The zero-order valence-electron chi connectivity index (χ0n) is 19.3. The summed E-state index contributed by atoms with van der Waals surface area (Å²) in [6.07, 6.45) is 1.43. The molecule has 0 aliphatic carbocycles. The van der Waals surface area contributed by atoms with E-state index in [0.29, 0.717) is 16.4 Å². The summed E-state index contributed by atoms with van der Waals surface area (Å²) in [7, 11) is 0. The first-order valence-electron chi connectivity index (χ1n) is 10.5. The molecule has 1 unspecified atom stereocenters. The number of carbonyl (C=O) groups is 3. The Balaban J connectivity index is 1.90. The number of amides is 1. The molecule has 1 N–H and O–H groups in total. The van der Waals surface area contributed by atoms with Crippen molar-refractivity contribution < 1.29 is 24.2 Å². The predicted molar refractivity (Wildman–Crippen MR) is 140 cm³/mol. The van der Waals surface area contributed by atoms with Crippen LogP contribution in [0.5, 0.6) is 0 Å². The molecule has 2 aromatic heterocycles. The maximum atomic E-state index is 13.7. The van der Waals surface area contributed by atoms with E-state index in [9.17, 15) is 19.5 Å². The van der Waals surface area contributed by atoms with Gasteiger partial charge < -0.3 is 9.84 Å². The molecule has 0 radical (unpaired) electrons. The second-order valence-electron chi connectivity index (χ2n) is 7.75. The number of aryl methyl sites for hydroxylation is 3. The third-order valence-electron chi connectivity index (χ3n) is 5.34. The van der Waals surface area contributed by atoms with Crippen molar-refractivity contribution in [3.05, 3.63) is 83.9 Å². The molecule has 4 rings (SSSR count). The fourth-order valence-corrected chi connectivity index (χ4v) is 6.28. The number of aliphatic hydroxyl groups excluding tert-OH is 1. The zero-order valence-corrected chi connectivity index (χ0v) is 22.4. The molecule has 3 aromatic rings. The molecule has 0 fully saturated rings. The number of anilines is 1. The Labute approximate surface area is 224 Å². The van der Waals surface area contributed by atoms with Crippen LogP contribution in [0.4, 0.5) is 5.13 Å². The number of benzene rings is 1. The zero-order chi connectivity index (χ0) is 26.3. The molecule has 0 saturated heterocycles. The lowest BCUT2D eigenvalue weighted by atomic mass is 9.95. The summed E-state index contributed by atoms with van der Waals surface area (Å²) in [6, 6.07) is 3.56. The number of aliphatic hydroxyl groups is 1. The molecule has 1 atom stereocenters. The molecule has 36 heavy (non-hydrogen) atoms. The predicted octanol–water partition coefficient (Wildman–Crippen LogP) is 5.96. The summed E-state index contributed by atoms with van der Waals surface area (Å²) >= 11 is 15.0. The van der Waals surface area contributed by atoms with Crippen LogP contribution in [0.25, 0.3) is 0 Å². The van der Waals surface area contributed by atoms with E-state index in [1.807, 2.05) is 0 Å². The Morgan fingerprint density at radius 3 is 2.36 bits per heavy atom. The first-order valence-corrected chi connectivity index (χ1v) is 12.9. The van der Waals surface area contributed by atoms with Gasteiger partial charge in [-0.2, -0.15) is 0 Å². The van der Waals surface area contributed by atoms with Gasteiger partial charge in [0.25, 0.3) is 5.91 Å². The minimum Gasteiger partial charge on any atom is -0.503 e. The van der Waals surface area contributed by atoms with Gasteiger partial charge in [-0.3, -0.25) is 14.5 Å². The van der Waals surface area contributed by atoms with Gasteiger partial charge in [0.2, 0.25) is 5.78 Å². The highest BCUT2D eigenvalue weighted by molar-refractivity contribution is 7.17. The van der Waals surface area contributed by atoms with Gasteiger partial charge in [0.15, 0.2) is 10.9 Å². The molecular weight excluding hydrogens is 545 g/mol. The quantitative estimate of drug-likeness (QED) is 0.214. The van der Waals surface area contributed by atoms with Crippen LogP contribution in [0.3, 0.4) is 0 Å². The number of carbonyl (C=O) groups excluding carboxylic acids is 3. The van der Waals surface area contributed by atoms with Crippen molar-refractivity contribution >= 4 is 68.7 Å². The van der Waals surface area contributed by atoms with Crippen molar-refractivity contribution in [3.63, 3.8) is 0 Å².